The van der Waals surface area contributed by atoms with Crippen LogP contribution in [-0.2, 0) is 14.9 Å². The number of amides is 1. The molecule has 7 rings (SSSR count). The number of carbonyl (C=O) groups is 1. The second kappa shape index (κ2) is 4.76. The number of nitrogens with zero attached hydrogens (tertiary/aromatic N) is 2. The minimum absolute atomic E-state index is 0.0658. The second-order valence-electron chi connectivity index (χ2n) is 9.14. The Labute approximate surface area is 158 Å². The molecule has 4 fully saturated rings. The van der Waals surface area contributed by atoms with Crippen LogP contribution < -0.4 is 9.64 Å². The van der Waals surface area contributed by atoms with Crippen LogP contribution in [-0.4, -0.2) is 55.8 Å². The lowest BCUT2D eigenvalue weighted by Gasteiger charge is -2.58. The molecule has 1 spiro atoms. The third kappa shape index (κ3) is 1.56. The highest BCUT2D eigenvalue weighted by Crippen LogP contribution is 2.65. The minimum Gasteiger partial charge on any atom is -0.497 e. The zero-order chi connectivity index (χ0) is 17.9. The predicted octanol–water partition coefficient (Wildman–Crippen LogP) is 2.10. The molecule has 1 amide bonds. The van der Waals surface area contributed by atoms with Gasteiger partial charge in [-0.3, -0.25) is 9.69 Å². The molecule has 3 saturated heterocycles. The number of hydrogen-bond donors (Lipinski definition) is 0. The van der Waals surface area contributed by atoms with Crippen molar-refractivity contribution in [2.24, 2.45) is 11.8 Å². The van der Waals surface area contributed by atoms with Crippen LogP contribution in [0.1, 0.15) is 24.8 Å². The standard InChI is InChI=1S/C22H24N2O3/c1-26-13-2-3-15-16(8-13)24-19(25)10-17-20-14-9-18-22(15,21(20)24)5-6-23(18)11-12(14)4-7-27-17/h2-4,8,14,17-18,20-21H,5-7,9-11H2,1H3. The van der Waals surface area contributed by atoms with E-state index in [1.54, 1.807) is 12.7 Å². The molecule has 0 aromatic heterocycles. The van der Waals surface area contributed by atoms with E-state index in [2.05, 4.69) is 34.1 Å². The van der Waals surface area contributed by atoms with E-state index in [9.17, 15) is 4.79 Å². The van der Waals surface area contributed by atoms with Crippen LogP contribution in [0.15, 0.2) is 29.8 Å². The lowest BCUT2D eigenvalue weighted by molar-refractivity contribution is -0.132. The van der Waals surface area contributed by atoms with Crippen molar-refractivity contribution in [3.8, 4) is 5.75 Å². The second-order valence-corrected chi connectivity index (χ2v) is 9.14. The van der Waals surface area contributed by atoms with Gasteiger partial charge < -0.3 is 14.4 Å². The lowest BCUT2D eigenvalue weighted by atomic mass is 9.53. The Morgan fingerprint density at radius 2 is 2.26 bits per heavy atom. The molecule has 1 saturated carbocycles. The molecule has 1 aromatic rings. The van der Waals surface area contributed by atoms with Gasteiger partial charge in [-0.25, -0.2) is 0 Å². The summed E-state index contributed by atoms with van der Waals surface area (Å²) < 4.78 is 11.8. The van der Waals surface area contributed by atoms with E-state index in [4.69, 9.17) is 9.47 Å². The molecule has 0 N–H and O–H groups in total. The molecule has 5 heterocycles. The number of piperidine rings is 2. The van der Waals surface area contributed by atoms with Crippen molar-refractivity contribution in [1.29, 1.82) is 0 Å². The Kier molecular flexibility index (Phi) is 2.66. The fourth-order valence-electron chi connectivity index (χ4n) is 7.66. The first-order chi connectivity index (χ1) is 13.2. The van der Waals surface area contributed by atoms with Crippen LogP contribution in [0.4, 0.5) is 5.69 Å². The summed E-state index contributed by atoms with van der Waals surface area (Å²) in [6, 6.07) is 7.22. The first-order valence-electron chi connectivity index (χ1n) is 10.3. The van der Waals surface area contributed by atoms with Crippen molar-refractivity contribution in [3.63, 3.8) is 0 Å². The van der Waals surface area contributed by atoms with Gasteiger partial charge in [0, 0.05) is 30.0 Å². The molecule has 6 unspecified atom stereocenters. The monoisotopic (exact) mass is 364 g/mol. The summed E-state index contributed by atoms with van der Waals surface area (Å²) in [5.41, 5.74) is 4.12. The third-order valence-electron chi connectivity index (χ3n) is 8.52. The van der Waals surface area contributed by atoms with Gasteiger partial charge in [0.1, 0.15) is 5.75 Å². The summed E-state index contributed by atoms with van der Waals surface area (Å²) in [6.45, 7) is 2.89. The molecule has 0 radical (unpaired) electrons. The Morgan fingerprint density at radius 3 is 3.15 bits per heavy atom. The molecule has 5 nitrogen and oxygen atoms in total. The van der Waals surface area contributed by atoms with E-state index in [1.165, 1.54) is 12.0 Å². The topological polar surface area (TPSA) is 42.0 Å². The average molecular weight is 364 g/mol. The van der Waals surface area contributed by atoms with Crippen molar-refractivity contribution in [1.82, 2.24) is 4.90 Å². The van der Waals surface area contributed by atoms with Crippen LogP contribution >= 0.6 is 0 Å². The van der Waals surface area contributed by atoms with Gasteiger partial charge in [0.2, 0.25) is 5.91 Å². The SMILES string of the molecule is COc1ccc2c(c1)N1C(=O)CC3OCC=C4CN5CCC26C5CC4C3C16. The quantitative estimate of drug-likeness (QED) is 0.716. The molecule has 5 heteroatoms. The average Bonchev–Trinajstić information content (AvgIpc) is 3.15. The van der Waals surface area contributed by atoms with E-state index in [0.29, 0.717) is 30.9 Å². The van der Waals surface area contributed by atoms with Crippen molar-refractivity contribution in [2.75, 3.05) is 31.7 Å². The Hall–Kier alpha value is -1.85. The van der Waals surface area contributed by atoms with Crippen LogP contribution in [0.5, 0.6) is 5.75 Å². The molecule has 2 bridgehead atoms. The molecular weight excluding hydrogens is 340 g/mol. The zero-order valence-corrected chi connectivity index (χ0v) is 15.6. The smallest absolute Gasteiger partial charge is 0.229 e. The molecule has 6 aliphatic rings. The molecule has 1 aliphatic carbocycles. The highest BCUT2D eigenvalue weighted by molar-refractivity contribution is 5.99. The maximum absolute atomic E-state index is 13.3. The van der Waals surface area contributed by atoms with Gasteiger partial charge in [-0.15, -0.1) is 0 Å². The minimum atomic E-state index is 0.0658. The van der Waals surface area contributed by atoms with Crippen molar-refractivity contribution in [2.45, 2.75) is 42.9 Å². The third-order valence-corrected chi connectivity index (χ3v) is 8.52. The normalized spacial score (nSPS) is 43.3. The van der Waals surface area contributed by atoms with Gasteiger partial charge in [0.15, 0.2) is 0 Å². The highest BCUT2D eigenvalue weighted by Gasteiger charge is 2.71. The van der Waals surface area contributed by atoms with E-state index in [-0.39, 0.29) is 23.5 Å². The number of methoxy groups -OCH3 is 1. The number of rotatable bonds is 1. The zero-order valence-electron chi connectivity index (χ0n) is 15.6. The van der Waals surface area contributed by atoms with Gasteiger partial charge in [-0.2, -0.15) is 0 Å². The predicted molar refractivity (Wildman–Crippen MR) is 100.0 cm³/mol. The van der Waals surface area contributed by atoms with Crippen LogP contribution in [0.25, 0.3) is 0 Å². The summed E-state index contributed by atoms with van der Waals surface area (Å²) in [7, 11) is 1.70. The molecule has 140 valence electrons. The van der Waals surface area contributed by atoms with Gasteiger partial charge in [0.25, 0.3) is 0 Å². The van der Waals surface area contributed by atoms with Crippen LogP contribution in [0.3, 0.4) is 0 Å². The van der Waals surface area contributed by atoms with Crippen molar-refractivity contribution >= 4 is 11.6 Å². The lowest BCUT2D eigenvalue weighted by Crippen LogP contribution is -2.69. The highest BCUT2D eigenvalue weighted by atomic mass is 16.5. The van der Waals surface area contributed by atoms with E-state index in [1.807, 2.05) is 0 Å². The Bertz CT molecular complexity index is 911. The summed E-state index contributed by atoms with van der Waals surface area (Å²) in [4.78, 5) is 18.2. The number of benzene rings is 1. The van der Waals surface area contributed by atoms with Gasteiger partial charge in [0.05, 0.1) is 38.0 Å². The molecule has 1 aromatic carbocycles. The molecule has 5 aliphatic heterocycles. The first kappa shape index (κ1) is 15.1. The number of fused-ring (bicyclic) bond motifs is 2. The number of ether oxygens (including phenoxy) is 2. The van der Waals surface area contributed by atoms with Crippen molar-refractivity contribution < 1.29 is 14.3 Å². The fraction of sp³-hybridized carbons (Fsp3) is 0.591. The molecular formula is C22H24N2O3. The Balaban J connectivity index is 1.52. The van der Waals surface area contributed by atoms with E-state index in [0.717, 1.165) is 30.9 Å². The summed E-state index contributed by atoms with van der Waals surface area (Å²) in [5.74, 6) is 2.07. The summed E-state index contributed by atoms with van der Waals surface area (Å²) in [5, 5.41) is 0. The van der Waals surface area contributed by atoms with Gasteiger partial charge >= 0.3 is 0 Å². The molecule has 27 heavy (non-hydrogen) atoms. The number of carbonyl (C=O) groups excluding carboxylic acids is 1. The number of hydrogen-bond acceptors (Lipinski definition) is 4. The largest absolute Gasteiger partial charge is 0.497 e. The van der Waals surface area contributed by atoms with Gasteiger partial charge in [-0.1, -0.05) is 17.7 Å². The maximum atomic E-state index is 13.3. The maximum Gasteiger partial charge on any atom is 0.229 e. The van der Waals surface area contributed by atoms with Crippen LogP contribution in [0, 0.1) is 11.8 Å². The summed E-state index contributed by atoms with van der Waals surface area (Å²) in [6.07, 6.45) is 5.28. The summed E-state index contributed by atoms with van der Waals surface area (Å²) >= 11 is 0. The van der Waals surface area contributed by atoms with Crippen molar-refractivity contribution in [3.05, 3.63) is 35.4 Å². The van der Waals surface area contributed by atoms with Crippen LogP contribution in [0.2, 0.25) is 0 Å². The van der Waals surface area contributed by atoms with E-state index >= 15 is 0 Å². The first-order valence-corrected chi connectivity index (χ1v) is 10.3. The number of anilines is 1. The Morgan fingerprint density at radius 1 is 1.33 bits per heavy atom. The van der Waals surface area contributed by atoms with E-state index < -0.39 is 0 Å². The fourth-order valence-corrected chi connectivity index (χ4v) is 7.66. The van der Waals surface area contributed by atoms with Gasteiger partial charge in [-0.05, 0) is 36.9 Å². The molecule has 6 atom stereocenters.